The first kappa shape index (κ1) is 10.9. The molecule has 4 heteroatoms. The van der Waals surface area contributed by atoms with Crippen molar-refractivity contribution in [1.82, 2.24) is 9.97 Å². The topological polar surface area (TPSA) is 63.8 Å². The molecule has 14 heavy (non-hydrogen) atoms. The van der Waals surface area contributed by atoms with Crippen molar-refractivity contribution < 1.29 is 0 Å². The van der Waals surface area contributed by atoms with Crippen LogP contribution in [0.5, 0.6) is 0 Å². The van der Waals surface area contributed by atoms with E-state index in [1.807, 2.05) is 13.0 Å². The number of anilines is 1. The molecule has 0 fully saturated rings. The Balaban J connectivity index is 2.60. The van der Waals surface area contributed by atoms with Gasteiger partial charge in [-0.05, 0) is 32.4 Å². The standard InChI is InChI=1S/C10H18N4/c1-7(6-11)9(3)14-10-12-5-4-8(2)13-10/h4-5,7,9H,6,11H2,1-3H3,(H,12,13,14). The number of aryl methyl sites for hydroxylation is 1. The van der Waals surface area contributed by atoms with Gasteiger partial charge in [0.25, 0.3) is 0 Å². The van der Waals surface area contributed by atoms with E-state index < -0.39 is 0 Å². The van der Waals surface area contributed by atoms with Gasteiger partial charge in [-0.15, -0.1) is 0 Å². The summed E-state index contributed by atoms with van der Waals surface area (Å²) in [5.41, 5.74) is 6.54. The third kappa shape index (κ3) is 2.96. The molecule has 0 bridgehead atoms. The van der Waals surface area contributed by atoms with Gasteiger partial charge in [0.1, 0.15) is 0 Å². The van der Waals surface area contributed by atoms with Crippen LogP contribution in [0.4, 0.5) is 5.95 Å². The van der Waals surface area contributed by atoms with Gasteiger partial charge in [0.2, 0.25) is 5.95 Å². The van der Waals surface area contributed by atoms with E-state index in [0.717, 1.165) is 5.69 Å². The first-order valence-corrected chi connectivity index (χ1v) is 4.89. The van der Waals surface area contributed by atoms with Crippen LogP contribution in [0.3, 0.4) is 0 Å². The third-order valence-corrected chi connectivity index (χ3v) is 2.38. The lowest BCUT2D eigenvalue weighted by Gasteiger charge is -2.19. The molecule has 3 N–H and O–H groups in total. The second-order valence-corrected chi connectivity index (χ2v) is 3.67. The van der Waals surface area contributed by atoms with E-state index in [2.05, 4.69) is 29.1 Å². The molecule has 0 saturated heterocycles. The Morgan fingerprint density at radius 1 is 1.50 bits per heavy atom. The Bertz CT molecular complexity index is 287. The molecule has 1 aromatic rings. The van der Waals surface area contributed by atoms with E-state index in [1.165, 1.54) is 0 Å². The van der Waals surface area contributed by atoms with E-state index >= 15 is 0 Å². The van der Waals surface area contributed by atoms with Gasteiger partial charge in [-0.1, -0.05) is 6.92 Å². The fourth-order valence-electron chi connectivity index (χ4n) is 1.07. The summed E-state index contributed by atoms with van der Waals surface area (Å²) in [4.78, 5) is 8.40. The van der Waals surface area contributed by atoms with Gasteiger partial charge in [-0.3, -0.25) is 0 Å². The molecule has 0 aliphatic rings. The predicted molar refractivity (Wildman–Crippen MR) is 58.1 cm³/mol. The van der Waals surface area contributed by atoms with Gasteiger partial charge in [-0.2, -0.15) is 0 Å². The SMILES string of the molecule is Cc1ccnc(NC(C)C(C)CN)n1. The fraction of sp³-hybridized carbons (Fsp3) is 0.600. The quantitative estimate of drug-likeness (QED) is 0.755. The van der Waals surface area contributed by atoms with Crippen molar-refractivity contribution in [3.8, 4) is 0 Å². The molecule has 2 unspecified atom stereocenters. The zero-order chi connectivity index (χ0) is 10.6. The average molecular weight is 194 g/mol. The maximum absolute atomic E-state index is 5.58. The first-order valence-electron chi connectivity index (χ1n) is 4.89. The van der Waals surface area contributed by atoms with E-state index in [9.17, 15) is 0 Å². The van der Waals surface area contributed by atoms with Crippen molar-refractivity contribution in [2.75, 3.05) is 11.9 Å². The Labute approximate surface area is 85.0 Å². The van der Waals surface area contributed by atoms with Crippen molar-refractivity contribution in [1.29, 1.82) is 0 Å². The summed E-state index contributed by atoms with van der Waals surface area (Å²) >= 11 is 0. The molecule has 0 aromatic carbocycles. The first-order chi connectivity index (χ1) is 6.63. The molecular weight excluding hydrogens is 176 g/mol. The van der Waals surface area contributed by atoms with Crippen LogP contribution in [0.1, 0.15) is 19.5 Å². The van der Waals surface area contributed by atoms with E-state index in [4.69, 9.17) is 5.73 Å². The summed E-state index contributed by atoms with van der Waals surface area (Å²) in [5, 5.41) is 3.23. The predicted octanol–water partition coefficient (Wildman–Crippen LogP) is 1.18. The van der Waals surface area contributed by atoms with Crippen LogP contribution in [-0.4, -0.2) is 22.6 Å². The summed E-state index contributed by atoms with van der Waals surface area (Å²) in [7, 11) is 0. The van der Waals surface area contributed by atoms with Crippen molar-refractivity contribution >= 4 is 5.95 Å². The average Bonchev–Trinajstić information content (AvgIpc) is 2.16. The normalized spacial score (nSPS) is 14.9. The van der Waals surface area contributed by atoms with Gasteiger partial charge in [0.15, 0.2) is 0 Å². The van der Waals surface area contributed by atoms with Crippen molar-refractivity contribution in [3.63, 3.8) is 0 Å². The van der Waals surface area contributed by atoms with E-state index in [-0.39, 0.29) is 0 Å². The molecule has 0 radical (unpaired) electrons. The fourth-order valence-corrected chi connectivity index (χ4v) is 1.07. The Morgan fingerprint density at radius 3 is 2.79 bits per heavy atom. The zero-order valence-electron chi connectivity index (χ0n) is 8.99. The highest BCUT2D eigenvalue weighted by Crippen LogP contribution is 2.07. The van der Waals surface area contributed by atoms with Crippen molar-refractivity contribution in [2.45, 2.75) is 26.8 Å². The summed E-state index contributed by atoms with van der Waals surface area (Å²) < 4.78 is 0. The van der Waals surface area contributed by atoms with Gasteiger partial charge in [-0.25, -0.2) is 9.97 Å². The molecular formula is C10H18N4. The van der Waals surface area contributed by atoms with Crippen molar-refractivity contribution in [3.05, 3.63) is 18.0 Å². The van der Waals surface area contributed by atoms with Crippen LogP contribution in [0.15, 0.2) is 12.3 Å². The molecule has 0 aliphatic carbocycles. The summed E-state index contributed by atoms with van der Waals surface area (Å²) in [5.74, 6) is 1.09. The smallest absolute Gasteiger partial charge is 0.223 e. The molecule has 0 amide bonds. The molecule has 78 valence electrons. The lowest BCUT2D eigenvalue weighted by molar-refractivity contribution is 0.518. The lowest BCUT2D eigenvalue weighted by Crippen LogP contribution is -2.30. The number of nitrogens with zero attached hydrogens (tertiary/aromatic N) is 2. The minimum Gasteiger partial charge on any atom is -0.351 e. The molecule has 4 nitrogen and oxygen atoms in total. The van der Waals surface area contributed by atoms with Crippen LogP contribution in [0, 0.1) is 12.8 Å². The number of hydrogen-bond donors (Lipinski definition) is 2. The molecule has 0 saturated carbocycles. The largest absolute Gasteiger partial charge is 0.351 e. The maximum atomic E-state index is 5.58. The summed E-state index contributed by atoms with van der Waals surface area (Å²) in [6.07, 6.45) is 1.75. The number of rotatable bonds is 4. The second-order valence-electron chi connectivity index (χ2n) is 3.67. The van der Waals surface area contributed by atoms with Gasteiger partial charge >= 0.3 is 0 Å². The number of hydrogen-bond acceptors (Lipinski definition) is 4. The van der Waals surface area contributed by atoms with Crippen LogP contribution in [0.2, 0.25) is 0 Å². The number of nitrogens with two attached hydrogens (primary N) is 1. The minimum atomic E-state index is 0.293. The number of aromatic nitrogens is 2. The Kier molecular flexibility index (Phi) is 3.83. The molecule has 1 heterocycles. The van der Waals surface area contributed by atoms with Crippen LogP contribution in [-0.2, 0) is 0 Å². The highest BCUT2D eigenvalue weighted by molar-refractivity contribution is 5.26. The molecule has 0 aliphatic heterocycles. The molecule has 1 aromatic heterocycles. The highest BCUT2D eigenvalue weighted by atomic mass is 15.1. The van der Waals surface area contributed by atoms with Gasteiger partial charge in [0, 0.05) is 17.9 Å². The summed E-state index contributed by atoms with van der Waals surface area (Å²) in [6.45, 7) is 6.81. The monoisotopic (exact) mass is 194 g/mol. The zero-order valence-corrected chi connectivity index (χ0v) is 8.99. The number of nitrogens with one attached hydrogen (secondary N) is 1. The second kappa shape index (κ2) is 4.91. The lowest BCUT2D eigenvalue weighted by atomic mass is 10.0. The minimum absolute atomic E-state index is 0.293. The Morgan fingerprint density at radius 2 is 2.21 bits per heavy atom. The molecule has 0 spiro atoms. The van der Waals surface area contributed by atoms with Gasteiger partial charge in [0.05, 0.1) is 0 Å². The Hall–Kier alpha value is -1.16. The van der Waals surface area contributed by atoms with Crippen LogP contribution in [0.25, 0.3) is 0 Å². The highest BCUT2D eigenvalue weighted by Gasteiger charge is 2.10. The van der Waals surface area contributed by atoms with Gasteiger partial charge < -0.3 is 11.1 Å². The van der Waals surface area contributed by atoms with E-state index in [0.29, 0.717) is 24.5 Å². The van der Waals surface area contributed by atoms with E-state index in [1.54, 1.807) is 6.20 Å². The molecule has 1 rings (SSSR count). The molecule has 2 atom stereocenters. The summed E-state index contributed by atoms with van der Waals surface area (Å²) in [6, 6.07) is 2.17. The van der Waals surface area contributed by atoms with Crippen LogP contribution < -0.4 is 11.1 Å². The third-order valence-electron chi connectivity index (χ3n) is 2.38. The van der Waals surface area contributed by atoms with Crippen molar-refractivity contribution in [2.24, 2.45) is 11.7 Å². The van der Waals surface area contributed by atoms with Crippen LogP contribution >= 0.6 is 0 Å². The maximum Gasteiger partial charge on any atom is 0.223 e.